The fourth-order valence-electron chi connectivity index (χ4n) is 2.28. The molecule has 0 radical (unpaired) electrons. The van der Waals surface area contributed by atoms with Gasteiger partial charge < -0.3 is 4.42 Å². The summed E-state index contributed by atoms with van der Waals surface area (Å²) in [6.45, 7) is 1.89. The highest BCUT2D eigenvalue weighted by Gasteiger charge is 2.11. The molecular weight excluding hydrogens is 344 g/mol. The van der Waals surface area contributed by atoms with Crippen molar-refractivity contribution in [2.75, 3.05) is 0 Å². The van der Waals surface area contributed by atoms with Crippen LogP contribution in [0.3, 0.4) is 0 Å². The molecule has 3 aromatic heterocycles. The summed E-state index contributed by atoms with van der Waals surface area (Å²) in [4.78, 5) is 17.4. The average molecular weight is 356 g/mol. The average Bonchev–Trinajstić information content (AvgIpc) is 3.21. The normalized spacial score (nSPS) is 11.2. The fourth-order valence-corrected chi connectivity index (χ4v) is 3.82. The summed E-state index contributed by atoms with van der Waals surface area (Å²) in [5, 5.41) is 10.5. The Kier molecular flexibility index (Phi) is 3.91. The van der Waals surface area contributed by atoms with E-state index in [1.54, 1.807) is 10.5 Å². The molecule has 0 amide bonds. The second-order valence-electron chi connectivity index (χ2n) is 5.11. The molecule has 0 N–H and O–H groups in total. The van der Waals surface area contributed by atoms with Crippen molar-refractivity contribution >= 4 is 28.1 Å². The highest BCUT2D eigenvalue weighted by atomic mass is 32.2. The van der Waals surface area contributed by atoms with Crippen LogP contribution >= 0.6 is 23.1 Å². The van der Waals surface area contributed by atoms with Gasteiger partial charge in [-0.25, -0.2) is 4.98 Å². The minimum atomic E-state index is -0.0650. The summed E-state index contributed by atoms with van der Waals surface area (Å²) in [5.74, 6) is 0.981. The molecule has 0 fully saturated rings. The van der Waals surface area contributed by atoms with Crippen LogP contribution in [-0.4, -0.2) is 19.6 Å². The van der Waals surface area contributed by atoms with Gasteiger partial charge in [0.2, 0.25) is 5.89 Å². The van der Waals surface area contributed by atoms with Crippen molar-refractivity contribution in [1.82, 2.24) is 19.6 Å². The standard InChI is InChI=1S/C16H12N4O2S2/c1-10-8-23-15-17-12(7-13(21)20(10)15)9-24-16-19-18-14(22-16)11-5-3-2-4-6-11/h2-8H,9H2,1H3. The lowest BCUT2D eigenvalue weighted by molar-refractivity contribution is 0.466. The smallest absolute Gasteiger partial charge is 0.277 e. The second-order valence-corrected chi connectivity index (χ2v) is 6.87. The van der Waals surface area contributed by atoms with E-state index in [2.05, 4.69) is 15.2 Å². The van der Waals surface area contributed by atoms with Crippen molar-refractivity contribution in [3.8, 4) is 11.5 Å². The molecule has 0 saturated heterocycles. The second kappa shape index (κ2) is 6.21. The molecule has 0 spiro atoms. The molecule has 0 bridgehead atoms. The van der Waals surface area contributed by atoms with Gasteiger partial charge in [-0.2, -0.15) is 0 Å². The van der Waals surface area contributed by atoms with Gasteiger partial charge in [0.25, 0.3) is 10.8 Å². The minimum Gasteiger partial charge on any atom is -0.411 e. The van der Waals surface area contributed by atoms with Crippen molar-refractivity contribution in [1.29, 1.82) is 0 Å². The van der Waals surface area contributed by atoms with Crippen LogP contribution in [0.1, 0.15) is 11.4 Å². The zero-order chi connectivity index (χ0) is 16.5. The van der Waals surface area contributed by atoms with Crippen LogP contribution in [0.2, 0.25) is 0 Å². The fraction of sp³-hybridized carbons (Fsp3) is 0.125. The van der Waals surface area contributed by atoms with E-state index in [4.69, 9.17) is 4.42 Å². The Hall–Kier alpha value is -2.45. The topological polar surface area (TPSA) is 73.3 Å². The number of thioether (sulfide) groups is 1. The zero-order valence-corrected chi connectivity index (χ0v) is 14.3. The number of hydrogen-bond acceptors (Lipinski definition) is 7. The summed E-state index contributed by atoms with van der Waals surface area (Å²) < 4.78 is 7.26. The Balaban J connectivity index is 1.53. The summed E-state index contributed by atoms with van der Waals surface area (Å²) in [6, 6.07) is 11.1. The van der Waals surface area contributed by atoms with E-state index in [9.17, 15) is 4.79 Å². The molecule has 0 unspecified atom stereocenters. The van der Waals surface area contributed by atoms with Crippen LogP contribution in [0, 0.1) is 6.92 Å². The maximum absolute atomic E-state index is 12.2. The first-order valence-electron chi connectivity index (χ1n) is 7.19. The number of benzene rings is 1. The van der Waals surface area contributed by atoms with E-state index in [0.29, 0.717) is 27.5 Å². The molecule has 4 rings (SSSR count). The molecule has 0 atom stereocenters. The first kappa shape index (κ1) is 15.1. The van der Waals surface area contributed by atoms with Crippen LogP contribution in [0.15, 0.2) is 56.2 Å². The van der Waals surface area contributed by atoms with E-state index in [1.165, 1.54) is 23.1 Å². The van der Waals surface area contributed by atoms with Gasteiger partial charge in [-0.3, -0.25) is 9.20 Å². The molecule has 4 aromatic rings. The number of thiazole rings is 1. The van der Waals surface area contributed by atoms with Crippen molar-refractivity contribution < 1.29 is 4.42 Å². The molecule has 0 aliphatic heterocycles. The van der Waals surface area contributed by atoms with E-state index in [0.717, 1.165) is 11.3 Å². The summed E-state index contributed by atoms with van der Waals surface area (Å²) in [5.41, 5.74) is 2.41. The molecule has 1 aromatic carbocycles. The van der Waals surface area contributed by atoms with Gasteiger partial charge in [0.05, 0.1) is 5.69 Å². The van der Waals surface area contributed by atoms with Gasteiger partial charge in [0, 0.05) is 28.5 Å². The third kappa shape index (κ3) is 2.85. The van der Waals surface area contributed by atoms with Gasteiger partial charge in [-0.15, -0.1) is 21.5 Å². The largest absolute Gasteiger partial charge is 0.411 e. The maximum atomic E-state index is 12.2. The van der Waals surface area contributed by atoms with Crippen LogP contribution in [0.4, 0.5) is 0 Å². The number of aryl methyl sites for hydroxylation is 1. The minimum absolute atomic E-state index is 0.0650. The lowest BCUT2D eigenvalue weighted by atomic mass is 10.2. The Morgan fingerprint density at radius 3 is 2.92 bits per heavy atom. The molecule has 0 aliphatic carbocycles. The monoisotopic (exact) mass is 356 g/mol. The van der Waals surface area contributed by atoms with Crippen molar-refractivity contribution in [3.05, 3.63) is 63.5 Å². The molecule has 8 heteroatoms. The highest BCUT2D eigenvalue weighted by Crippen LogP contribution is 2.25. The summed E-state index contributed by atoms with van der Waals surface area (Å²) in [7, 11) is 0. The van der Waals surface area contributed by atoms with E-state index >= 15 is 0 Å². The van der Waals surface area contributed by atoms with Crippen LogP contribution < -0.4 is 5.56 Å². The van der Waals surface area contributed by atoms with Crippen molar-refractivity contribution in [2.45, 2.75) is 17.9 Å². The van der Waals surface area contributed by atoms with Gasteiger partial charge in [0.15, 0.2) is 4.96 Å². The van der Waals surface area contributed by atoms with Gasteiger partial charge in [-0.1, -0.05) is 30.0 Å². The van der Waals surface area contributed by atoms with Crippen LogP contribution in [-0.2, 0) is 5.75 Å². The molecular formula is C16H12N4O2S2. The molecule has 120 valence electrons. The number of nitrogens with zero attached hydrogens (tertiary/aromatic N) is 4. The van der Waals surface area contributed by atoms with E-state index in [-0.39, 0.29) is 5.56 Å². The first-order chi connectivity index (χ1) is 11.7. The SMILES string of the molecule is Cc1csc2nc(CSc3nnc(-c4ccccc4)o3)cc(=O)n12. The number of hydrogen-bond donors (Lipinski definition) is 0. The Morgan fingerprint density at radius 1 is 1.25 bits per heavy atom. The Bertz CT molecular complexity index is 1050. The predicted octanol–water partition coefficient (Wildman–Crippen LogP) is 3.41. The highest BCUT2D eigenvalue weighted by molar-refractivity contribution is 7.98. The molecule has 6 nitrogen and oxygen atoms in total. The van der Waals surface area contributed by atoms with Gasteiger partial charge in [0.1, 0.15) is 0 Å². The Morgan fingerprint density at radius 2 is 2.08 bits per heavy atom. The zero-order valence-electron chi connectivity index (χ0n) is 12.7. The molecule has 0 aliphatic rings. The number of rotatable bonds is 4. The van der Waals surface area contributed by atoms with Gasteiger partial charge in [-0.05, 0) is 19.1 Å². The third-order valence-electron chi connectivity index (χ3n) is 3.40. The lowest BCUT2D eigenvalue weighted by Gasteiger charge is -1.99. The predicted molar refractivity (Wildman–Crippen MR) is 93.4 cm³/mol. The summed E-state index contributed by atoms with van der Waals surface area (Å²) >= 11 is 2.82. The molecule has 24 heavy (non-hydrogen) atoms. The number of aromatic nitrogens is 4. The van der Waals surface area contributed by atoms with E-state index in [1.807, 2.05) is 42.6 Å². The van der Waals surface area contributed by atoms with Crippen molar-refractivity contribution in [2.24, 2.45) is 0 Å². The van der Waals surface area contributed by atoms with Crippen LogP contribution in [0.25, 0.3) is 16.4 Å². The van der Waals surface area contributed by atoms with Gasteiger partial charge >= 0.3 is 0 Å². The van der Waals surface area contributed by atoms with Crippen LogP contribution in [0.5, 0.6) is 0 Å². The van der Waals surface area contributed by atoms with E-state index < -0.39 is 0 Å². The quantitative estimate of drug-likeness (QED) is 0.522. The number of fused-ring (bicyclic) bond motifs is 1. The maximum Gasteiger partial charge on any atom is 0.277 e. The summed E-state index contributed by atoms with van der Waals surface area (Å²) in [6.07, 6.45) is 0. The Labute approximate surface area is 145 Å². The lowest BCUT2D eigenvalue weighted by Crippen LogP contribution is -2.14. The molecule has 0 saturated carbocycles. The van der Waals surface area contributed by atoms with Crippen molar-refractivity contribution in [3.63, 3.8) is 0 Å². The molecule has 3 heterocycles. The first-order valence-corrected chi connectivity index (χ1v) is 9.06. The third-order valence-corrected chi connectivity index (χ3v) is 5.20.